The Labute approximate surface area is 140 Å². The number of hydrogen-bond donors (Lipinski definition) is 2. The van der Waals surface area contributed by atoms with Crippen LogP contribution in [0.4, 0.5) is 5.69 Å². The van der Waals surface area contributed by atoms with Crippen LogP contribution >= 0.6 is 23.8 Å². The fourth-order valence-electron chi connectivity index (χ4n) is 1.92. The number of benzene rings is 2. The van der Waals surface area contributed by atoms with Gasteiger partial charge in [-0.3, -0.25) is 10.1 Å². The van der Waals surface area contributed by atoms with E-state index < -0.39 is 0 Å². The van der Waals surface area contributed by atoms with Crippen LogP contribution < -0.4 is 10.6 Å². The van der Waals surface area contributed by atoms with Gasteiger partial charge in [-0.15, -0.1) is 0 Å². The molecule has 3 nitrogen and oxygen atoms in total. The first kappa shape index (κ1) is 16.5. The third-order valence-electron chi connectivity index (χ3n) is 3.15. The van der Waals surface area contributed by atoms with Crippen molar-refractivity contribution in [3.8, 4) is 0 Å². The van der Waals surface area contributed by atoms with E-state index in [-0.39, 0.29) is 11.0 Å². The van der Waals surface area contributed by atoms with Gasteiger partial charge < -0.3 is 5.32 Å². The molecule has 0 spiro atoms. The van der Waals surface area contributed by atoms with Gasteiger partial charge >= 0.3 is 0 Å². The van der Waals surface area contributed by atoms with E-state index in [0.29, 0.717) is 16.5 Å². The molecule has 114 valence electrons. The summed E-state index contributed by atoms with van der Waals surface area (Å²) in [6, 6.07) is 14.6. The van der Waals surface area contributed by atoms with Gasteiger partial charge in [0.25, 0.3) is 5.91 Å². The molecule has 0 aliphatic heterocycles. The first-order valence-corrected chi connectivity index (χ1v) is 7.72. The monoisotopic (exact) mass is 332 g/mol. The van der Waals surface area contributed by atoms with Crippen molar-refractivity contribution >= 4 is 40.5 Å². The van der Waals surface area contributed by atoms with E-state index in [4.69, 9.17) is 23.8 Å². The quantitative estimate of drug-likeness (QED) is 0.808. The van der Waals surface area contributed by atoms with E-state index in [2.05, 4.69) is 24.5 Å². The van der Waals surface area contributed by atoms with Crippen LogP contribution in [-0.4, -0.2) is 11.0 Å². The largest absolute Gasteiger partial charge is 0.332 e. The molecule has 2 aromatic rings. The van der Waals surface area contributed by atoms with E-state index in [9.17, 15) is 4.79 Å². The second-order valence-electron chi connectivity index (χ2n) is 5.20. The van der Waals surface area contributed by atoms with Crippen molar-refractivity contribution in [3.63, 3.8) is 0 Å². The fraction of sp³-hybridized carbons (Fsp3) is 0.176. The molecule has 0 bridgehead atoms. The second kappa shape index (κ2) is 7.38. The zero-order chi connectivity index (χ0) is 16.1. The summed E-state index contributed by atoms with van der Waals surface area (Å²) in [4.78, 5) is 12.1. The average molecular weight is 333 g/mol. The number of carbonyl (C=O) groups is 1. The van der Waals surface area contributed by atoms with Gasteiger partial charge in [0.15, 0.2) is 5.11 Å². The summed E-state index contributed by atoms with van der Waals surface area (Å²) < 4.78 is 0. The maximum atomic E-state index is 12.1. The summed E-state index contributed by atoms with van der Waals surface area (Å²) in [7, 11) is 0. The molecule has 0 aliphatic carbocycles. The molecule has 0 aromatic heterocycles. The van der Waals surface area contributed by atoms with Crippen LogP contribution in [0.1, 0.15) is 35.7 Å². The van der Waals surface area contributed by atoms with Crippen LogP contribution in [-0.2, 0) is 0 Å². The maximum absolute atomic E-state index is 12.1. The minimum absolute atomic E-state index is 0.236. The van der Waals surface area contributed by atoms with Gasteiger partial charge in [0.05, 0.1) is 0 Å². The van der Waals surface area contributed by atoms with Crippen molar-refractivity contribution in [1.29, 1.82) is 0 Å². The topological polar surface area (TPSA) is 41.1 Å². The van der Waals surface area contributed by atoms with Gasteiger partial charge in [0, 0.05) is 16.3 Å². The maximum Gasteiger partial charge on any atom is 0.257 e. The molecule has 2 aromatic carbocycles. The standard InChI is InChI=1S/C17H17ClN2OS/c1-11(2)12-6-8-13(9-7-12)16(21)20-17(22)19-15-5-3-4-14(18)10-15/h3-11H,1-2H3,(H2,19,20,21,22). The van der Waals surface area contributed by atoms with Crippen molar-refractivity contribution < 1.29 is 4.79 Å². The Balaban J connectivity index is 1.97. The van der Waals surface area contributed by atoms with Crippen LogP contribution in [0.2, 0.25) is 5.02 Å². The van der Waals surface area contributed by atoms with Crippen LogP contribution in [0, 0.1) is 0 Å². The predicted molar refractivity (Wildman–Crippen MR) is 95.7 cm³/mol. The molecule has 0 atom stereocenters. The molecule has 0 heterocycles. The van der Waals surface area contributed by atoms with Gasteiger partial charge in [-0.1, -0.05) is 43.6 Å². The number of rotatable bonds is 3. The molecule has 1 amide bonds. The Morgan fingerprint density at radius 1 is 1.14 bits per heavy atom. The van der Waals surface area contributed by atoms with E-state index >= 15 is 0 Å². The number of amides is 1. The normalized spacial score (nSPS) is 10.4. The number of thiocarbonyl (C=S) groups is 1. The highest BCUT2D eigenvalue weighted by Crippen LogP contribution is 2.16. The van der Waals surface area contributed by atoms with E-state index in [0.717, 1.165) is 5.69 Å². The summed E-state index contributed by atoms with van der Waals surface area (Å²) in [5.74, 6) is 0.192. The molecule has 0 aliphatic rings. The highest BCUT2D eigenvalue weighted by Gasteiger charge is 2.08. The summed E-state index contributed by atoms with van der Waals surface area (Å²) in [6.45, 7) is 4.22. The SMILES string of the molecule is CC(C)c1ccc(C(=O)NC(=S)Nc2cccc(Cl)c2)cc1. The van der Waals surface area contributed by atoms with Gasteiger partial charge in [0.1, 0.15) is 0 Å². The number of anilines is 1. The molecular formula is C17H17ClN2OS. The molecule has 0 saturated carbocycles. The van der Waals surface area contributed by atoms with E-state index in [1.807, 2.05) is 18.2 Å². The molecule has 22 heavy (non-hydrogen) atoms. The van der Waals surface area contributed by atoms with Gasteiger partial charge in [-0.2, -0.15) is 0 Å². The van der Waals surface area contributed by atoms with Crippen molar-refractivity contribution in [2.24, 2.45) is 0 Å². The third kappa shape index (κ3) is 4.55. The first-order valence-electron chi connectivity index (χ1n) is 6.93. The first-order chi connectivity index (χ1) is 10.5. The van der Waals surface area contributed by atoms with Gasteiger partial charge in [0.2, 0.25) is 0 Å². The molecule has 5 heteroatoms. The summed E-state index contributed by atoms with van der Waals surface area (Å²) >= 11 is 11.0. The van der Waals surface area contributed by atoms with Crippen LogP contribution in [0.25, 0.3) is 0 Å². The lowest BCUT2D eigenvalue weighted by Crippen LogP contribution is -2.34. The van der Waals surface area contributed by atoms with Gasteiger partial charge in [-0.05, 0) is 54.0 Å². The minimum Gasteiger partial charge on any atom is -0.332 e. The van der Waals surface area contributed by atoms with Crippen LogP contribution in [0.5, 0.6) is 0 Å². The Kier molecular flexibility index (Phi) is 5.52. The minimum atomic E-state index is -0.241. The lowest BCUT2D eigenvalue weighted by molar-refractivity contribution is 0.0977. The van der Waals surface area contributed by atoms with Gasteiger partial charge in [-0.25, -0.2) is 0 Å². The van der Waals surface area contributed by atoms with Crippen molar-refractivity contribution in [3.05, 3.63) is 64.7 Å². The lowest BCUT2D eigenvalue weighted by Gasteiger charge is -2.10. The van der Waals surface area contributed by atoms with Crippen LogP contribution in [0.3, 0.4) is 0 Å². The fourth-order valence-corrected chi connectivity index (χ4v) is 2.32. The summed E-state index contributed by atoms with van der Waals surface area (Å²) in [5.41, 5.74) is 2.49. The smallest absolute Gasteiger partial charge is 0.257 e. The average Bonchev–Trinajstić information content (AvgIpc) is 2.47. The van der Waals surface area contributed by atoms with E-state index in [1.165, 1.54) is 5.56 Å². The summed E-state index contributed by atoms with van der Waals surface area (Å²) in [5, 5.41) is 6.42. The van der Waals surface area contributed by atoms with Crippen LogP contribution in [0.15, 0.2) is 48.5 Å². The molecule has 2 rings (SSSR count). The Morgan fingerprint density at radius 3 is 2.41 bits per heavy atom. The molecule has 2 N–H and O–H groups in total. The Morgan fingerprint density at radius 2 is 1.82 bits per heavy atom. The summed E-state index contributed by atoms with van der Waals surface area (Å²) in [6.07, 6.45) is 0. The molecule has 0 unspecified atom stereocenters. The lowest BCUT2D eigenvalue weighted by atomic mass is 10.0. The number of carbonyl (C=O) groups excluding carboxylic acids is 1. The third-order valence-corrected chi connectivity index (χ3v) is 3.59. The number of hydrogen-bond acceptors (Lipinski definition) is 2. The highest BCUT2D eigenvalue weighted by molar-refractivity contribution is 7.80. The number of halogens is 1. The second-order valence-corrected chi connectivity index (χ2v) is 6.04. The Bertz CT molecular complexity index is 683. The molecule has 0 radical (unpaired) electrons. The van der Waals surface area contributed by atoms with E-state index in [1.54, 1.807) is 30.3 Å². The predicted octanol–water partition coefficient (Wildman–Crippen LogP) is 4.59. The van der Waals surface area contributed by atoms with Crippen molar-refractivity contribution in [2.45, 2.75) is 19.8 Å². The zero-order valence-electron chi connectivity index (χ0n) is 12.4. The van der Waals surface area contributed by atoms with Crippen molar-refractivity contribution in [2.75, 3.05) is 5.32 Å². The Hall–Kier alpha value is -1.91. The van der Waals surface area contributed by atoms with Crippen molar-refractivity contribution in [1.82, 2.24) is 5.32 Å². The number of nitrogens with one attached hydrogen (secondary N) is 2. The molecular weight excluding hydrogens is 316 g/mol. The molecule has 0 saturated heterocycles. The molecule has 0 fully saturated rings. The highest BCUT2D eigenvalue weighted by atomic mass is 35.5. The zero-order valence-corrected chi connectivity index (χ0v) is 14.0.